The van der Waals surface area contributed by atoms with Crippen LogP contribution in [0.25, 0.3) is 0 Å². The Hall–Kier alpha value is -1.02. The van der Waals surface area contributed by atoms with Gasteiger partial charge in [0.15, 0.2) is 0 Å². The third-order valence-electron chi connectivity index (χ3n) is 2.94. The van der Waals surface area contributed by atoms with Crippen LogP contribution in [0.2, 0.25) is 0 Å². The lowest BCUT2D eigenvalue weighted by Gasteiger charge is -2.21. The lowest BCUT2D eigenvalue weighted by molar-refractivity contribution is 0.345. The highest BCUT2D eigenvalue weighted by Gasteiger charge is 2.14. The molecule has 0 aliphatic rings. The van der Waals surface area contributed by atoms with Gasteiger partial charge in [-0.1, -0.05) is 39.0 Å². The number of ether oxygens (including phenoxy) is 1. The Labute approximate surface area is 105 Å². The van der Waals surface area contributed by atoms with E-state index < -0.39 is 0 Å². The lowest BCUT2D eigenvalue weighted by atomic mass is 9.87. The molecule has 1 unspecified atom stereocenters. The zero-order valence-corrected chi connectivity index (χ0v) is 11.5. The highest BCUT2D eigenvalue weighted by Crippen LogP contribution is 2.24. The molecule has 1 rings (SSSR count). The van der Waals surface area contributed by atoms with Gasteiger partial charge in [0.2, 0.25) is 0 Å². The van der Waals surface area contributed by atoms with Crippen LogP contribution < -0.4 is 10.5 Å². The summed E-state index contributed by atoms with van der Waals surface area (Å²) >= 11 is 0. The summed E-state index contributed by atoms with van der Waals surface area (Å²) < 4.78 is 5.34. The van der Waals surface area contributed by atoms with Crippen LogP contribution in [0.3, 0.4) is 0 Å². The average molecular weight is 235 g/mol. The number of hydrogen-bond donors (Lipinski definition) is 1. The lowest BCUT2D eigenvalue weighted by Crippen LogP contribution is -2.25. The van der Waals surface area contributed by atoms with Gasteiger partial charge in [0.1, 0.15) is 5.75 Å². The van der Waals surface area contributed by atoms with E-state index in [2.05, 4.69) is 26.8 Å². The normalized spacial score (nSPS) is 13.5. The molecule has 96 valence electrons. The Morgan fingerprint density at radius 1 is 1.24 bits per heavy atom. The van der Waals surface area contributed by atoms with Crippen molar-refractivity contribution in [2.75, 3.05) is 7.11 Å². The Balaban J connectivity index is 2.53. The van der Waals surface area contributed by atoms with Crippen LogP contribution in [-0.4, -0.2) is 13.2 Å². The molecule has 1 aromatic rings. The first-order valence-corrected chi connectivity index (χ1v) is 6.30. The smallest absolute Gasteiger partial charge is 0.122 e. The molecule has 2 heteroatoms. The predicted molar refractivity (Wildman–Crippen MR) is 73.4 cm³/mol. The van der Waals surface area contributed by atoms with E-state index in [-0.39, 0.29) is 6.04 Å². The van der Waals surface area contributed by atoms with E-state index in [1.807, 2.05) is 18.2 Å². The molecule has 0 fully saturated rings. The highest BCUT2D eigenvalue weighted by molar-refractivity contribution is 5.33. The summed E-state index contributed by atoms with van der Waals surface area (Å²) in [5.74, 6) is 0.943. The van der Waals surface area contributed by atoms with E-state index in [9.17, 15) is 0 Å². The van der Waals surface area contributed by atoms with Crippen LogP contribution in [0.15, 0.2) is 24.3 Å². The van der Waals surface area contributed by atoms with Crippen LogP contribution in [0.1, 0.15) is 39.2 Å². The Kier molecular flexibility index (Phi) is 5.01. The SMILES string of the molecule is COc1ccccc1CC(N)CCC(C)(C)C. The van der Waals surface area contributed by atoms with Crippen molar-refractivity contribution in [1.82, 2.24) is 0 Å². The molecule has 1 atom stereocenters. The zero-order chi connectivity index (χ0) is 12.9. The second-order valence-electron chi connectivity index (χ2n) is 5.88. The van der Waals surface area contributed by atoms with Gasteiger partial charge in [-0.2, -0.15) is 0 Å². The van der Waals surface area contributed by atoms with Gasteiger partial charge in [0, 0.05) is 6.04 Å². The molecule has 0 saturated heterocycles. The van der Waals surface area contributed by atoms with Gasteiger partial charge in [-0.15, -0.1) is 0 Å². The molecule has 0 aliphatic heterocycles. The molecule has 1 aromatic carbocycles. The molecule has 0 aromatic heterocycles. The van der Waals surface area contributed by atoms with Crippen LogP contribution in [0.5, 0.6) is 5.75 Å². The summed E-state index contributed by atoms with van der Waals surface area (Å²) in [6.45, 7) is 6.76. The second-order valence-corrected chi connectivity index (χ2v) is 5.88. The van der Waals surface area contributed by atoms with Crippen molar-refractivity contribution >= 4 is 0 Å². The average Bonchev–Trinajstić information content (AvgIpc) is 2.26. The monoisotopic (exact) mass is 235 g/mol. The Bertz CT molecular complexity index is 341. The van der Waals surface area contributed by atoms with Crippen molar-refractivity contribution in [1.29, 1.82) is 0 Å². The second kappa shape index (κ2) is 6.06. The van der Waals surface area contributed by atoms with Gasteiger partial charge in [0.05, 0.1) is 7.11 Å². The van der Waals surface area contributed by atoms with Crippen molar-refractivity contribution in [2.45, 2.75) is 46.1 Å². The summed E-state index contributed by atoms with van der Waals surface area (Å²) in [5.41, 5.74) is 7.75. The van der Waals surface area contributed by atoms with E-state index in [0.29, 0.717) is 5.41 Å². The molecule has 2 N–H and O–H groups in total. The van der Waals surface area contributed by atoms with Crippen molar-refractivity contribution < 1.29 is 4.74 Å². The third kappa shape index (κ3) is 5.22. The first kappa shape index (κ1) is 14.0. The zero-order valence-electron chi connectivity index (χ0n) is 11.5. The van der Waals surface area contributed by atoms with Crippen molar-refractivity contribution in [2.24, 2.45) is 11.1 Å². The summed E-state index contributed by atoms with van der Waals surface area (Å²) in [5, 5.41) is 0. The molecule has 0 bridgehead atoms. The fourth-order valence-corrected chi connectivity index (χ4v) is 1.87. The van der Waals surface area contributed by atoms with Gasteiger partial charge >= 0.3 is 0 Å². The highest BCUT2D eigenvalue weighted by atomic mass is 16.5. The minimum atomic E-state index is 0.213. The first-order valence-electron chi connectivity index (χ1n) is 6.30. The summed E-state index contributed by atoms with van der Waals surface area (Å²) in [6, 6.07) is 8.32. The van der Waals surface area contributed by atoms with Crippen molar-refractivity contribution in [3.63, 3.8) is 0 Å². The molecule has 0 heterocycles. The molecule has 2 nitrogen and oxygen atoms in total. The third-order valence-corrected chi connectivity index (χ3v) is 2.94. The molecular weight excluding hydrogens is 210 g/mol. The predicted octanol–water partition coefficient (Wildman–Crippen LogP) is 3.39. The number of rotatable bonds is 5. The van der Waals surface area contributed by atoms with Crippen LogP contribution in [0.4, 0.5) is 0 Å². The van der Waals surface area contributed by atoms with E-state index in [1.54, 1.807) is 7.11 Å². The molecule has 0 radical (unpaired) electrons. The topological polar surface area (TPSA) is 35.2 Å². The molecule has 0 spiro atoms. The minimum Gasteiger partial charge on any atom is -0.496 e. The van der Waals surface area contributed by atoms with Gasteiger partial charge in [-0.3, -0.25) is 0 Å². The number of methoxy groups -OCH3 is 1. The van der Waals surface area contributed by atoms with Gasteiger partial charge < -0.3 is 10.5 Å². The quantitative estimate of drug-likeness (QED) is 0.849. The van der Waals surface area contributed by atoms with E-state index in [4.69, 9.17) is 10.5 Å². The fraction of sp³-hybridized carbons (Fsp3) is 0.600. The minimum absolute atomic E-state index is 0.213. The van der Waals surface area contributed by atoms with Crippen LogP contribution >= 0.6 is 0 Å². The summed E-state index contributed by atoms with van der Waals surface area (Å²) in [6.07, 6.45) is 3.10. The molecule has 0 aliphatic carbocycles. The maximum atomic E-state index is 6.18. The van der Waals surface area contributed by atoms with Gasteiger partial charge in [-0.05, 0) is 36.3 Å². The largest absolute Gasteiger partial charge is 0.496 e. The van der Waals surface area contributed by atoms with E-state index in [0.717, 1.165) is 25.0 Å². The molecule has 0 amide bonds. The van der Waals surface area contributed by atoms with Crippen LogP contribution in [-0.2, 0) is 6.42 Å². The Morgan fingerprint density at radius 3 is 2.47 bits per heavy atom. The first-order chi connectivity index (χ1) is 7.92. The molecular formula is C15H25NO. The molecule has 0 saturated carbocycles. The number of benzene rings is 1. The summed E-state index contributed by atoms with van der Waals surface area (Å²) in [7, 11) is 1.71. The van der Waals surface area contributed by atoms with Gasteiger partial charge in [0.25, 0.3) is 0 Å². The number of para-hydroxylation sites is 1. The number of nitrogens with two attached hydrogens (primary N) is 1. The van der Waals surface area contributed by atoms with Crippen LogP contribution in [0, 0.1) is 5.41 Å². The van der Waals surface area contributed by atoms with Crippen molar-refractivity contribution in [3.05, 3.63) is 29.8 Å². The maximum absolute atomic E-state index is 6.18. The van der Waals surface area contributed by atoms with Gasteiger partial charge in [-0.25, -0.2) is 0 Å². The van der Waals surface area contributed by atoms with Crippen molar-refractivity contribution in [3.8, 4) is 5.75 Å². The van der Waals surface area contributed by atoms with E-state index in [1.165, 1.54) is 5.56 Å². The Morgan fingerprint density at radius 2 is 1.88 bits per heavy atom. The maximum Gasteiger partial charge on any atom is 0.122 e. The fourth-order valence-electron chi connectivity index (χ4n) is 1.87. The summed E-state index contributed by atoms with van der Waals surface area (Å²) in [4.78, 5) is 0. The molecule has 17 heavy (non-hydrogen) atoms. The standard InChI is InChI=1S/C15H25NO/c1-15(2,3)10-9-13(16)11-12-7-5-6-8-14(12)17-4/h5-8,13H,9-11,16H2,1-4H3. The number of hydrogen-bond acceptors (Lipinski definition) is 2. The van der Waals surface area contributed by atoms with E-state index >= 15 is 0 Å².